The molecule has 0 aromatic heterocycles. The third-order valence-electron chi connectivity index (χ3n) is 4.92. The van der Waals surface area contributed by atoms with Crippen molar-refractivity contribution >= 4 is 23.2 Å². The number of methoxy groups -OCH3 is 2. The molecule has 0 saturated heterocycles. The lowest BCUT2D eigenvalue weighted by Gasteiger charge is -2.18. The first kappa shape index (κ1) is 18.8. The zero-order chi connectivity index (χ0) is 19.6. The van der Waals surface area contributed by atoms with Gasteiger partial charge in [-0.3, -0.25) is 9.59 Å². The molecule has 0 spiro atoms. The summed E-state index contributed by atoms with van der Waals surface area (Å²) < 4.78 is 10.5. The van der Waals surface area contributed by atoms with Crippen molar-refractivity contribution in [1.82, 2.24) is 0 Å². The predicted molar refractivity (Wildman–Crippen MR) is 104 cm³/mol. The average Bonchev–Trinajstić information content (AvgIpc) is 3.46. The summed E-state index contributed by atoms with van der Waals surface area (Å²) in [6, 6.07) is 11.0. The third-order valence-corrected chi connectivity index (χ3v) is 4.92. The molecule has 0 bridgehead atoms. The molecule has 0 atom stereocenters. The van der Waals surface area contributed by atoms with Gasteiger partial charge in [-0.25, -0.2) is 0 Å². The molecule has 3 rings (SSSR count). The number of benzene rings is 2. The second kappa shape index (κ2) is 7.31. The fraction of sp³-hybridized carbons (Fsp3) is 0.333. The number of carbonyl (C=O) groups is 2. The molecule has 0 heterocycles. The SMILES string of the molecule is COc1ccc(OC)c(NC(=O)C2(C(=O)Nc3cc(C)ccc3C)CC2)c1. The fourth-order valence-corrected chi connectivity index (χ4v) is 2.95. The Bertz CT molecular complexity index is 888. The van der Waals surface area contributed by atoms with Crippen LogP contribution in [0.3, 0.4) is 0 Å². The maximum atomic E-state index is 12.9. The highest BCUT2D eigenvalue weighted by Crippen LogP contribution is 2.48. The van der Waals surface area contributed by atoms with E-state index >= 15 is 0 Å². The molecular formula is C21H24N2O4. The minimum absolute atomic E-state index is 0.282. The van der Waals surface area contributed by atoms with E-state index in [0.29, 0.717) is 30.0 Å². The molecule has 0 aliphatic heterocycles. The van der Waals surface area contributed by atoms with Crippen molar-refractivity contribution in [3.8, 4) is 11.5 Å². The molecule has 0 radical (unpaired) electrons. The van der Waals surface area contributed by atoms with Gasteiger partial charge in [-0.15, -0.1) is 0 Å². The van der Waals surface area contributed by atoms with E-state index in [4.69, 9.17) is 9.47 Å². The molecule has 2 aromatic rings. The number of hydrogen-bond donors (Lipinski definition) is 2. The van der Waals surface area contributed by atoms with Crippen LogP contribution in [0.2, 0.25) is 0 Å². The minimum Gasteiger partial charge on any atom is -0.497 e. The van der Waals surface area contributed by atoms with Crippen LogP contribution in [0.4, 0.5) is 11.4 Å². The van der Waals surface area contributed by atoms with Crippen LogP contribution in [0.15, 0.2) is 36.4 Å². The number of aryl methyl sites for hydroxylation is 2. The number of hydrogen-bond acceptors (Lipinski definition) is 4. The summed E-state index contributed by atoms with van der Waals surface area (Å²) in [7, 11) is 3.07. The van der Waals surface area contributed by atoms with Crippen molar-refractivity contribution < 1.29 is 19.1 Å². The number of anilines is 2. The second-order valence-corrected chi connectivity index (χ2v) is 6.87. The van der Waals surface area contributed by atoms with Gasteiger partial charge in [-0.2, -0.15) is 0 Å². The largest absolute Gasteiger partial charge is 0.497 e. The Morgan fingerprint density at radius 2 is 1.56 bits per heavy atom. The molecule has 1 aliphatic carbocycles. The third kappa shape index (κ3) is 3.74. The van der Waals surface area contributed by atoms with Crippen LogP contribution < -0.4 is 20.1 Å². The van der Waals surface area contributed by atoms with E-state index in [0.717, 1.165) is 16.8 Å². The van der Waals surface area contributed by atoms with E-state index in [1.807, 2.05) is 32.0 Å². The second-order valence-electron chi connectivity index (χ2n) is 6.87. The summed E-state index contributed by atoms with van der Waals surface area (Å²) in [4.78, 5) is 25.7. The molecular weight excluding hydrogens is 344 g/mol. The van der Waals surface area contributed by atoms with Crippen molar-refractivity contribution in [2.24, 2.45) is 5.41 Å². The van der Waals surface area contributed by atoms with E-state index in [2.05, 4.69) is 10.6 Å². The Morgan fingerprint density at radius 3 is 2.15 bits per heavy atom. The van der Waals surface area contributed by atoms with Gasteiger partial charge in [0.15, 0.2) is 0 Å². The van der Waals surface area contributed by atoms with Crippen LogP contribution in [-0.4, -0.2) is 26.0 Å². The topological polar surface area (TPSA) is 76.7 Å². The summed E-state index contributed by atoms with van der Waals surface area (Å²) in [6.45, 7) is 3.89. The van der Waals surface area contributed by atoms with Gasteiger partial charge in [-0.05, 0) is 56.0 Å². The van der Waals surface area contributed by atoms with Gasteiger partial charge in [-0.1, -0.05) is 12.1 Å². The van der Waals surface area contributed by atoms with Gasteiger partial charge >= 0.3 is 0 Å². The van der Waals surface area contributed by atoms with E-state index < -0.39 is 5.41 Å². The van der Waals surface area contributed by atoms with Crippen LogP contribution in [0.25, 0.3) is 0 Å². The highest BCUT2D eigenvalue weighted by molar-refractivity contribution is 6.17. The van der Waals surface area contributed by atoms with E-state index in [1.54, 1.807) is 25.3 Å². The molecule has 27 heavy (non-hydrogen) atoms. The summed E-state index contributed by atoms with van der Waals surface area (Å²) in [5.41, 5.74) is 2.17. The van der Waals surface area contributed by atoms with Gasteiger partial charge in [0, 0.05) is 11.8 Å². The number of amides is 2. The summed E-state index contributed by atoms with van der Waals surface area (Å²) in [6.07, 6.45) is 1.03. The van der Waals surface area contributed by atoms with E-state index in [-0.39, 0.29) is 11.8 Å². The van der Waals surface area contributed by atoms with Gasteiger partial charge in [0.05, 0.1) is 19.9 Å². The normalized spacial score (nSPS) is 14.2. The maximum absolute atomic E-state index is 12.9. The molecule has 1 fully saturated rings. The van der Waals surface area contributed by atoms with Crippen LogP contribution in [0.5, 0.6) is 11.5 Å². The lowest BCUT2D eigenvalue weighted by Crippen LogP contribution is -2.36. The monoisotopic (exact) mass is 368 g/mol. The number of ether oxygens (including phenoxy) is 2. The summed E-state index contributed by atoms with van der Waals surface area (Å²) >= 11 is 0. The first-order valence-electron chi connectivity index (χ1n) is 8.82. The molecule has 142 valence electrons. The van der Waals surface area contributed by atoms with Crippen LogP contribution in [0.1, 0.15) is 24.0 Å². The van der Waals surface area contributed by atoms with Gasteiger partial charge in [0.2, 0.25) is 11.8 Å². The first-order valence-corrected chi connectivity index (χ1v) is 8.82. The van der Waals surface area contributed by atoms with Crippen molar-refractivity contribution in [2.45, 2.75) is 26.7 Å². The molecule has 2 N–H and O–H groups in total. The zero-order valence-electron chi connectivity index (χ0n) is 16.0. The molecule has 1 saturated carbocycles. The Hall–Kier alpha value is -3.02. The highest BCUT2D eigenvalue weighted by Gasteiger charge is 2.56. The number of carbonyl (C=O) groups excluding carboxylic acids is 2. The quantitative estimate of drug-likeness (QED) is 0.763. The Kier molecular flexibility index (Phi) is 5.08. The summed E-state index contributed by atoms with van der Waals surface area (Å²) in [5, 5.41) is 5.74. The average molecular weight is 368 g/mol. The zero-order valence-corrected chi connectivity index (χ0v) is 16.0. The van der Waals surface area contributed by atoms with Gasteiger partial charge < -0.3 is 20.1 Å². The van der Waals surface area contributed by atoms with Crippen molar-refractivity contribution in [2.75, 3.05) is 24.9 Å². The molecule has 1 aliphatic rings. The van der Waals surface area contributed by atoms with E-state index in [1.165, 1.54) is 7.11 Å². The lowest BCUT2D eigenvalue weighted by molar-refractivity contribution is -0.131. The standard InChI is InChI=1S/C21H24N2O4/c1-13-5-6-14(2)16(11-13)22-19(24)21(9-10-21)20(25)23-17-12-15(26-3)7-8-18(17)27-4/h5-8,11-12H,9-10H2,1-4H3,(H,22,24)(H,23,25). The predicted octanol–water partition coefficient (Wildman–Crippen LogP) is 3.68. The highest BCUT2D eigenvalue weighted by atomic mass is 16.5. The Labute approximate surface area is 158 Å². The Morgan fingerprint density at radius 1 is 0.889 bits per heavy atom. The van der Waals surface area contributed by atoms with Crippen molar-refractivity contribution in [1.29, 1.82) is 0 Å². The lowest BCUT2D eigenvalue weighted by atomic mass is 10.0. The molecule has 6 nitrogen and oxygen atoms in total. The fourth-order valence-electron chi connectivity index (χ4n) is 2.95. The molecule has 2 aromatic carbocycles. The van der Waals surface area contributed by atoms with Gasteiger partial charge in [0.25, 0.3) is 0 Å². The Balaban J connectivity index is 1.78. The van der Waals surface area contributed by atoms with Crippen molar-refractivity contribution in [3.63, 3.8) is 0 Å². The first-order chi connectivity index (χ1) is 12.9. The molecule has 2 amide bonds. The number of nitrogens with one attached hydrogen (secondary N) is 2. The van der Waals surface area contributed by atoms with Crippen LogP contribution in [-0.2, 0) is 9.59 Å². The van der Waals surface area contributed by atoms with Crippen molar-refractivity contribution in [3.05, 3.63) is 47.5 Å². The van der Waals surface area contributed by atoms with Crippen LogP contribution >= 0.6 is 0 Å². The maximum Gasteiger partial charge on any atom is 0.240 e. The van der Waals surface area contributed by atoms with E-state index in [9.17, 15) is 9.59 Å². The number of rotatable bonds is 6. The van der Waals surface area contributed by atoms with Crippen LogP contribution in [0, 0.1) is 19.3 Å². The minimum atomic E-state index is -1.05. The molecule has 0 unspecified atom stereocenters. The van der Waals surface area contributed by atoms with Gasteiger partial charge in [0.1, 0.15) is 16.9 Å². The molecule has 6 heteroatoms. The summed E-state index contributed by atoms with van der Waals surface area (Å²) in [5.74, 6) is 0.484. The smallest absolute Gasteiger partial charge is 0.240 e.